The van der Waals surface area contributed by atoms with Crippen LogP contribution in [0, 0.1) is 5.92 Å². The molecule has 1 aliphatic carbocycles. The summed E-state index contributed by atoms with van der Waals surface area (Å²) < 4.78 is 0. The van der Waals surface area contributed by atoms with E-state index in [4.69, 9.17) is 0 Å². The molecule has 98 valence electrons. The summed E-state index contributed by atoms with van der Waals surface area (Å²) in [6.07, 6.45) is 12.1. The summed E-state index contributed by atoms with van der Waals surface area (Å²) in [5, 5.41) is 0.833. The molecule has 1 saturated carbocycles. The standard InChI is InChI=1S/C14H20BrN3/c15-8-11-9-16-14(17-10-11)18-7-3-5-12-4-1-2-6-13(12)18/h9-10,12-13H,1-8H2/t12-,13-/m1/s1. The minimum atomic E-state index is 0.697. The van der Waals surface area contributed by atoms with Crippen LogP contribution in [0.1, 0.15) is 44.1 Å². The number of aromatic nitrogens is 2. The van der Waals surface area contributed by atoms with Gasteiger partial charge < -0.3 is 4.90 Å². The van der Waals surface area contributed by atoms with Gasteiger partial charge in [-0.15, -0.1) is 0 Å². The van der Waals surface area contributed by atoms with E-state index in [1.165, 1.54) is 38.5 Å². The van der Waals surface area contributed by atoms with Crippen molar-refractivity contribution >= 4 is 21.9 Å². The summed E-state index contributed by atoms with van der Waals surface area (Å²) in [6.45, 7) is 1.13. The molecule has 2 aliphatic rings. The van der Waals surface area contributed by atoms with Gasteiger partial charge in [0.05, 0.1) is 0 Å². The van der Waals surface area contributed by atoms with Gasteiger partial charge in [-0.2, -0.15) is 0 Å². The molecule has 0 unspecified atom stereocenters. The average molecular weight is 310 g/mol. The number of hydrogen-bond acceptors (Lipinski definition) is 3. The molecule has 0 N–H and O–H groups in total. The van der Waals surface area contributed by atoms with Crippen LogP contribution < -0.4 is 4.90 Å². The molecule has 2 fully saturated rings. The van der Waals surface area contributed by atoms with Crippen LogP contribution in [0.2, 0.25) is 0 Å². The van der Waals surface area contributed by atoms with Crippen molar-refractivity contribution in [1.82, 2.24) is 9.97 Å². The third-order valence-corrected chi connectivity index (χ3v) is 4.99. The average Bonchev–Trinajstić information content (AvgIpc) is 2.47. The summed E-state index contributed by atoms with van der Waals surface area (Å²) in [5.41, 5.74) is 1.15. The highest BCUT2D eigenvalue weighted by Crippen LogP contribution is 2.36. The Morgan fingerprint density at radius 1 is 1.11 bits per heavy atom. The molecule has 3 nitrogen and oxygen atoms in total. The highest BCUT2D eigenvalue weighted by atomic mass is 79.9. The second-order valence-electron chi connectivity index (χ2n) is 5.47. The SMILES string of the molecule is BrCc1cnc(N2CCC[C@H]3CCCC[C@H]32)nc1. The first-order chi connectivity index (χ1) is 8.88. The van der Waals surface area contributed by atoms with Gasteiger partial charge >= 0.3 is 0 Å². The predicted octanol–water partition coefficient (Wildman–Crippen LogP) is 3.53. The molecule has 0 aromatic carbocycles. The first-order valence-corrected chi connectivity index (χ1v) is 8.14. The molecule has 4 heteroatoms. The van der Waals surface area contributed by atoms with Gasteiger partial charge in [0.2, 0.25) is 5.95 Å². The molecule has 1 aromatic rings. The zero-order valence-electron chi connectivity index (χ0n) is 10.7. The van der Waals surface area contributed by atoms with Crippen LogP contribution in [0.5, 0.6) is 0 Å². The van der Waals surface area contributed by atoms with Gasteiger partial charge in [-0.05, 0) is 37.2 Å². The predicted molar refractivity (Wildman–Crippen MR) is 77.0 cm³/mol. The fraction of sp³-hybridized carbons (Fsp3) is 0.714. The van der Waals surface area contributed by atoms with Gasteiger partial charge in [0.15, 0.2) is 0 Å². The number of halogens is 1. The van der Waals surface area contributed by atoms with E-state index < -0.39 is 0 Å². The fourth-order valence-electron chi connectivity index (χ4n) is 3.44. The Balaban J connectivity index is 1.80. The number of fused-ring (bicyclic) bond motifs is 1. The van der Waals surface area contributed by atoms with Crippen LogP contribution in [0.4, 0.5) is 5.95 Å². The number of piperidine rings is 1. The number of rotatable bonds is 2. The topological polar surface area (TPSA) is 29.0 Å². The second-order valence-corrected chi connectivity index (χ2v) is 6.03. The third kappa shape index (κ3) is 2.40. The monoisotopic (exact) mass is 309 g/mol. The van der Waals surface area contributed by atoms with Gasteiger partial charge in [0.25, 0.3) is 0 Å². The van der Waals surface area contributed by atoms with Gasteiger partial charge in [0.1, 0.15) is 0 Å². The van der Waals surface area contributed by atoms with Crippen LogP contribution >= 0.6 is 15.9 Å². The summed E-state index contributed by atoms with van der Waals surface area (Å²) in [6, 6.07) is 0.697. The largest absolute Gasteiger partial charge is 0.338 e. The molecule has 0 amide bonds. The number of alkyl halides is 1. The quantitative estimate of drug-likeness (QED) is 0.783. The van der Waals surface area contributed by atoms with Crippen LogP contribution in [0.25, 0.3) is 0 Å². The van der Waals surface area contributed by atoms with Gasteiger partial charge in [-0.1, -0.05) is 28.8 Å². The maximum Gasteiger partial charge on any atom is 0.225 e. The van der Waals surface area contributed by atoms with E-state index in [0.29, 0.717) is 6.04 Å². The van der Waals surface area contributed by atoms with E-state index in [-0.39, 0.29) is 0 Å². The van der Waals surface area contributed by atoms with E-state index in [1.54, 1.807) is 0 Å². The van der Waals surface area contributed by atoms with E-state index >= 15 is 0 Å². The Kier molecular flexibility index (Phi) is 3.83. The van der Waals surface area contributed by atoms with Crippen LogP contribution in [-0.2, 0) is 5.33 Å². The number of anilines is 1. The lowest BCUT2D eigenvalue weighted by molar-refractivity contribution is 0.241. The van der Waals surface area contributed by atoms with Crippen molar-refractivity contribution in [3.05, 3.63) is 18.0 Å². The van der Waals surface area contributed by atoms with Crippen molar-refractivity contribution in [3.63, 3.8) is 0 Å². The van der Waals surface area contributed by atoms with Crippen molar-refractivity contribution < 1.29 is 0 Å². The van der Waals surface area contributed by atoms with Crippen molar-refractivity contribution in [3.8, 4) is 0 Å². The molecular weight excluding hydrogens is 290 g/mol. The maximum absolute atomic E-state index is 4.55. The van der Waals surface area contributed by atoms with Crippen molar-refractivity contribution in [1.29, 1.82) is 0 Å². The smallest absolute Gasteiger partial charge is 0.225 e. The maximum atomic E-state index is 4.55. The van der Waals surface area contributed by atoms with Crippen LogP contribution in [0.15, 0.2) is 12.4 Å². The third-order valence-electron chi connectivity index (χ3n) is 4.35. The lowest BCUT2D eigenvalue weighted by Crippen LogP contribution is -2.47. The molecule has 18 heavy (non-hydrogen) atoms. The summed E-state index contributed by atoms with van der Waals surface area (Å²) >= 11 is 3.44. The van der Waals surface area contributed by atoms with Crippen molar-refractivity contribution in [2.75, 3.05) is 11.4 Å². The molecule has 1 aliphatic heterocycles. The minimum absolute atomic E-state index is 0.697. The Labute approximate surface area is 117 Å². The van der Waals surface area contributed by atoms with E-state index in [2.05, 4.69) is 30.8 Å². The molecule has 0 bridgehead atoms. The Hall–Kier alpha value is -0.640. The molecule has 1 aromatic heterocycles. The Morgan fingerprint density at radius 3 is 2.61 bits per heavy atom. The summed E-state index contributed by atoms with van der Waals surface area (Å²) in [4.78, 5) is 11.6. The number of nitrogens with zero attached hydrogens (tertiary/aromatic N) is 3. The van der Waals surface area contributed by atoms with Crippen LogP contribution in [0.3, 0.4) is 0 Å². The summed E-state index contributed by atoms with van der Waals surface area (Å²) in [5.74, 6) is 1.82. The first-order valence-electron chi connectivity index (χ1n) is 7.02. The molecule has 0 radical (unpaired) electrons. The lowest BCUT2D eigenvalue weighted by Gasteiger charge is -2.44. The zero-order valence-corrected chi connectivity index (χ0v) is 12.3. The Morgan fingerprint density at radius 2 is 1.83 bits per heavy atom. The summed E-state index contributed by atoms with van der Waals surface area (Å²) in [7, 11) is 0. The zero-order chi connectivity index (χ0) is 12.4. The van der Waals surface area contributed by atoms with E-state index in [0.717, 1.165) is 29.3 Å². The van der Waals surface area contributed by atoms with Crippen molar-refractivity contribution in [2.24, 2.45) is 5.92 Å². The van der Waals surface area contributed by atoms with Crippen molar-refractivity contribution in [2.45, 2.75) is 49.9 Å². The minimum Gasteiger partial charge on any atom is -0.338 e. The molecular formula is C14H20BrN3. The van der Waals surface area contributed by atoms with Gasteiger partial charge in [-0.25, -0.2) is 9.97 Å². The second kappa shape index (κ2) is 5.55. The Bertz CT molecular complexity index is 391. The molecule has 1 saturated heterocycles. The first kappa shape index (κ1) is 12.4. The van der Waals surface area contributed by atoms with Gasteiger partial charge in [0, 0.05) is 30.3 Å². The van der Waals surface area contributed by atoms with E-state index in [9.17, 15) is 0 Å². The fourth-order valence-corrected chi connectivity index (χ4v) is 3.73. The molecule has 2 heterocycles. The highest BCUT2D eigenvalue weighted by Gasteiger charge is 2.34. The normalized spacial score (nSPS) is 27.9. The molecule has 2 atom stereocenters. The molecule has 0 spiro atoms. The van der Waals surface area contributed by atoms with E-state index in [1.807, 2.05) is 12.4 Å². The van der Waals surface area contributed by atoms with Crippen LogP contribution in [-0.4, -0.2) is 22.6 Å². The number of hydrogen-bond donors (Lipinski definition) is 0. The molecule has 3 rings (SSSR count). The lowest BCUT2D eigenvalue weighted by atomic mass is 9.78. The van der Waals surface area contributed by atoms with Gasteiger partial charge in [-0.3, -0.25) is 0 Å². The highest BCUT2D eigenvalue weighted by molar-refractivity contribution is 9.08.